The minimum absolute atomic E-state index is 0.293. The second-order valence-electron chi connectivity index (χ2n) is 5.01. The van der Waals surface area contributed by atoms with Crippen LogP contribution in [0.5, 0.6) is 0 Å². The lowest BCUT2D eigenvalue weighted by Crippen LogP contribution is -2.05. The molecule has 0 saturated heterocycles. The molecule has 1 rings (SSSR count). The molecule has 0 amide bonds. The van der Waals surface area contributed by atoms with Crippen molar-refractivity contribution in [2.45, 2.75) is 46.0 Å². The van der Waals surface area contributed by atoms with Gasteiger partial charge in [0, 0.05) is 12.7 Å². The first-order valence-corrected chi connectivity index (χ1v) is 7.02. The van der Waals surface area contributed by atoms with E-state index in [1.807, 2.05) is 0 Å². The van der Waals surface area contributed by atoms with E-state index in [4.69, 9.17) is 11.6 Å². The van der Waals surface area contributed by atoms with E-state index >= 15 is 0 Å². The number of pyridine rings is 1. The third-order valence-electron chi connectivity index (χ3n) is 2.81. The zero-order valence-corrected chi connectivity index (χ0v) is 11.9. The normalized spacial score (nSPS) is 10.9. The molecule has 0 aliphatic rings. The molecule has 0 spiro atoms. The molecule has 1 heterocycles. The van der Waals surface area contributed by atoms with Crippen LogP contribution in [0.1, 0.15) is 46.0 Å². The standard InChI is InChI=1S/C14H22ClFN2/c1-11(2)7-5-3-4-6-8-17-14-13(16)9-12(15)10-18-14/h9-11H,3-8H2,1-2H3,(H,17,18). The third-order valence-corrected chi connectivity index (χ3v) is 3.02. The molecule has 0 saturated carbocycles. The Morgan fingerprint density at radius 1 is 1.28 bits per heavy atom. The quantitative estimate of drug-likeness (QED) is 0.682. The van der Waals surface area contributed by atoms with E-state index in [9.17, 15) is 4.39 Å². The number of hydrogen-bond acceptors (Lipinski definition) is 2. The van der Waals surface area contributed by atoms with E-state index in [1.165, 1.54) is 37.9 Å². The van der Waals surface area contributed by atoms with Gasteiger partial charge in [0.2, 0.25) is 0 Å². The molecule has 4 heteroatoms. The van der Waals surface area contributed by atoms with E-state index in [0.717, 1.165) is 18.9 Å². The van der Waals surface area contributed by atoms with Gasteiger partial charge in [0.05, 0.1) is 5.02 Å². The van der Waals surface area contributed by atoms with E-state index in [-0.39, 0.29) is 5.82 Å². The highest BCUT2D eigenvalue weighted by molar-refractivity contribution is 6.30. The van der Waals surface area contributed by atoms with Crippen LogP contribution in [0.3, 0.4) is 0 Å². The maximum absolute atomic E-state index is 13.4. The molecule has 0 atom stereocenters. The van der Waals surface area contributed by atoms with Crippen LogP contribution >= 0.6 is 11.6 Å². The number of halogens is 2. The Hall–Kier alpha value is -0.830. The van der Waals surface area contributed by atoms with E-state index in [0.29, 0.717) is 10.8 Å². The van der Waals surface area contributed by atoms with Gasteiger partial charge in [-0.25, -0.2) is 9.37 Å². The van der Waals surface area contributed by atoms with Crippen LogP contribution in [0.2, 0.25) is 5.02 Å². The van der Waals surface area contributed by atoms with Gasteiger partial charge in [-0.1, -0.05) is 51.1 Å². The molecule has 1 aromatic heterocycles. The number of anilines is 1. The monoisotopic (exact) mass is 272 g/mol. The van der Waals surface area contributed by atoms with Gasteiger partial charge < -0.3 is 5.32 Å². The summed E-state index contributed by atoms with van der Waals surface area (Å²) >= 11 is 5.63. The van der Waals surface area contributed by atoms with Gasteiger partial charge in [0.15, 0.2) is 11.6 Å². The Morgan fingerprint density at radius 2 is 2.00 bits per heavy atom. The van der Waals surface area contributed by atoms with Gasteiger partial charge in [-0.05, 0) is 18.4 Å². The van der Waals surface area contributed by atoms with Crippen LogP contribution in [0.15, 0.2) is 12.3 Å². The van der Waals surface area contributed by atoms with Crippen molar-refractivity contribution >= 4 is 17.4 Å². The number of rotatable bonds is 8. The van der Waals surface area contributed by atoms with E-state index in [1.54, 1.807) is 0 Å². The molecule has 18 heavy (non-hydrogen) atoms. The molecule has 1 N–H and O–H groups in total. The minimum atomic E-state index is -0.387. The smallest absolute Gasteiger partial charge is 0.166 e. The fourth-order valence-electron chi connectivity index (χ4n) is 1.78. The molecule has 0 aliphatic carbocycles. The van der Waals surface area contributed by atoms with Crippen molar-refractivity contribution < 1.29 is 4.39 Å². The van der Waals surface area contributed by atoms with Crippen LogP contribution in [-0.2, 0) is 0 Å². The molecule has 0 bridgehead atoms. The number of aromatic nitrogens is 1. The zero-order valence-electron chi connectivity index (χ0n) is 11.2. The molecule has 1 aromatic rings. The maximum Gasteiger partial charge on any atom is 0.166 e. The van der Waals surface area contributed by atoms with Crippen molar-refractivity contribution in [3.8, 4) is 0 Å². The average Bonchev–Trinajstić information content (AvgIpc) is 2.30. The number of nitrogens with one attached hydrogen (secondary N) is 1. The van der Waals surface area contributed by atoms with Gasteiger partial charge in [0.25, 0.3) is 0 Å². The van der Waals surface area contributed by atoms with Crippen molar-refractivity contribution in [1.29, 1.82) is 0 Å². The van der Waals surface area contributed by atoms with Crippen LogP contribution in [0.4, 0.5) is 10.2 Å². The molecular weight excluding hydrogens is 251 g/mol. The van der Waals surface area contributed by atoms with Crippen LogP contribution in [0, 0.1) is 11.7 Å². The number of hydrogen-bond donors (Lipinski definition) is 1. The second kappa shape index (κ2) is 8.30. The van der Waals surface area contributed by atoms with Crippen molar-refractivity contribution in [2.24, 2.45) is 5.92 Å². The molecule has 0 fully saturated rings. The summed E-state index contributed by atoms with van der Waals surface area (Å²) in [5, 5.41) is 3.32. The fraction of sp³-hybridized carbons (Fsp3) is 0.643. The fourth-order valence-corrected chi connectivity index (χ4v) is 1.93. The molecule has 102 valence electrons. The SMILES string of the molecule is CC(C)CCCCCCNc1ncc(Cl)cc1F. The van der Waals surface area contributed by atoms with Crippen LogP contribution < -0.4 is 5.32 Å². The first-order chi connectivity index (χ1) is 8.59. The Kier molecular flexibility index (Phi) is 7.02. The summed E-state index contributed by atoms with van der Waals surface area (Å²) in [5.41, 5.74) is 0. The molecule has 2 nitrogen and oxygen atoms in total. The van der Waals surface area contributed by atoms with Crippen molar-refractivity contribution in [1.82, 2.24) is 4.98 Å². The molecule has 0 unspecified atom stereocenters. The highest BCUT2D eigenvalue weighted by Crippen LogP contribution is 2.15. The third kappa shape index (κ3) is 6.20. The summed E-state index contributed by atoms with van der Waals surface area (Å²) < 4.78 is 13.4. The summed E-state index contributed by atoms with van der Waals surface area (Å²) in [6.07, 6.45) is 7.49. The van der Waals surface area contributed by atoms with Crippen molar-refractivity contribution in [2.75, 3.05) is 11.9 Å². The Bertz CT molecular complexity index is 356. The molecule has 0 aliphatic heterocycles. The Morgan fingerprint density at radius 3 is 2.67 bits per heavy atom. The molecule has 0 radical (unpaired) electrons. The van der Waals surface area contributed by atoms with Crippen LogP contribution in [-0.4, -0.2) is 11.5 Å². The minimum Gasteiger partial charge on any atom is -0.368 e. The van der Waals surface area contributed by atoms with Gasteiger partial charge in [-0.3, -0.25) is 0 Å². The second-order valence-corrected chi connectivity index (χ2v) is 5.44. The van der Waals surface area contributed by atoms with Gasteiger partial charge in [0.1, 0.15) is 0 Å². The van der Waals surface area contributed by atoms with Gasteiger partial charge in [-0.15, -0.1) is 0 Å². The summed E-state index contributed by atoms with van der Waals surface area (Å²) in [6, 6.07) is 1.28. The average molecular weight is 273 g/mol. The lowest BCUT2D eigenvalue weighted by Gasteiger charge is -2.07. The van der Waals surface area contributed by atoms with Crippen molar-refractivity contribution in [3.05, 3.63) is 23.1 Å². The van der Waals surface area contributed by atoms with Crippen molar-refractivity contribution in [3.63, 3.8) is 0 Å². The van der Waals surface area contributed by atoms with E-state index < -0.39 is 0 Å². The molecular formula is C14H22ClFN2. The van der Waals surface area contributed by atoms with Crippen LogP contribution in [0.25, 0.3) is 0 Å². The lowest BCUT2D eigenvalue weighted by atomic mass is 10.0. The zero-order chi connectivity index (χ0) is 13.4. The predicted octanol–water partition coefficient (Wildman–Crippen LogP) is 4.89. The largest absolute Gasteiger partial charge is 0.368 e. The summed E-state index contributed by atoms with van der Waals surface area (Å²) in [4.78, 5) is 3.92. The first-order valence-electron chi connectivity index (χ1n) is 6.64. The van der Waals surface area contributed by atoms with Gasteiger partial charge >= 0.3 is 0 Å². The summed E-state index contributed by atoms with van der Waals surface area (Å²) in [5.74, 6) is 0.694. The summed E-state index contributed by atoms with van der Waals surface area (Å²) in [6.45, 7) is 5.25. The lowest BCUT2D eigenvalue weighted by molar-refractivity contribution is 0.522. The predicted molar refractivity (Wildman–Crippen MR) is 75.6 cm³/mol. The van der Waals surface area contributed by atoms with E-state index in [2.05, 4.69) is 24.1 Å². The highest BCUT2D eigenvalue weighted by atomic mass is 35.5. The highest BCUT2D eigenvalue weighted by Gasteiger charge is 2.03. The number of unbranched alkanes of at least 4 members (excludes halogenated alkanes) is 3. The Balaban J connectivity index is 2.11. The number of nitrogens with zero attached hydrogens (tertiary/aromatic N) is 1. The summed E-state index contributed by atoms with van der Waals surface area (Å²) in [7, 11) is 0. The maximum atomic E-state index is 13.4. The van der Waals surface area contributed by atoms with Gasteiger partial charge in [-0.2, -0.15) is 0 Å². The molecule has 0 aromatic carbocycles. The Labute approximate surface area is 114 Å². The first kappa shape index (κ1) is 15.2. The topological polar surface area (TPSA) is 24.9 Å².